The first-order valence-corrected chi connectivity index (χ1v) is 9.99. The number of guanidine groups is 1. The van der Waals surface area contributed by atoms with E-state index in [4.69, 9.17) is 9.73 Å². The van der Waals surface area contributed by atoms with E-state index in [0.29, 0.717) is 12.1 Å². The summed E-state index contributed by atoms with van der Waals surface area (Å²) >= 11 is 0. The highest BCUT2D eigenvalue weighted by atomic mass is 16.5. The van der Waals surface area contributed by atoms with Gasteiger partial charge in [-0.25, -0.2) is 4.99 Å². The Balaban J connectivity index is 1.95. The average molecular weight is 390 g/mol. The lowest BCUT2D eigenvalue weighted by molar-refractivity contribution is -0.00834. The SMILES string of the molecule is CCNC(=NCc1ccc(C(=O)N(C)C)cc1)NCC(C)(C)N1CCOCC1. The Morgan fingerprint density at radius 1 is 1.18 bits per heavy atom. The van der Waals surface area contributed by atoms with E-state index in [9.17, 15) is 4.79 Å². The second kappa shape index (κ2) is 10.4. The predicted octanol–water partition coefficient (Wildman–Crippen LogP) is 1.55. The maximum Gasteiger partial charge on any atom is 0.253 e. The van der Waals surface area contributed by atoms with Crippen molar-refractivity contribution in [2.45, 2.75) is 32.9 Å². The van der Waals surface area contributed by atoms with E-state index < -0.39 is 0 Å². The zero-order valence-corrected chi connectivity index (χ0v) is 17.9. The molecule has 1 aliphatic heterocycles. The number of carbonyl (C=O) groups excluding carboxylic acids is 1. The molecule has 0 radical (unpaired) electrons. The Morgan fingerprint density at radius 2 is 1.82 bits per heavy atom. The van der Waals surface area contributed by atoms with Crippen LogP contribution in [0.25, 0.3) is 0 Å². The third-order valence-corrected chi connectivity index (χ3v) is 4.93. The molecule has 0 unspecified atom stereocenters. The van der Waals surface area contributed by atoms with Crippen molar-refractivity contribution in [3.05, 3.63) is 35.4 Å². The van der Waals surface area contributed by atoms with Crippen LogP contribution in [0.3, 0.4) is 0 Å². The fourth-order valence-corrected chi connectivity index (χ4v) is 3.10. The maximum absolute atomic E-state index is 12.0. The largest absolute Gasteiger partial charge is 0.379 e. The fraction of sp³-hybridized carbons (Fsp3) is 0.619. The van der Waals surface area contributed by atoms with Gasteiger partial charge < -0.3 is 20.3 Å². The predicted molar refractivity (Wildman–Crippen MR) is 114 cm³/mol. The summed E-state index contributed by atoms with van der Waals surface area (Å²) in [5.41, 5.74) is 1.78. The van der Waals surface area contributed by atoms with Gasteiger partial charge in [-0.3, -0.25) is 9.69 Å². The van der Waals surface area contributed by atoms with Crippen LogP contribution in [0.15, 0.2) is 29.3 Å². The molecule has 1 aromatic rings. The molecule has 156 valence electrons. The van der Waals surface area contributed by atoms with Crippen molar-refractivity contribution in [1.29, 1.82) is 0 Å². The zero-order valence-electron chi connectivity index (χ0n) is 17.9. The molecular weight excluding hydrogens is 354 g/mol. The number of rotatable bonds is 7. The Labute approximate surface area is 169 Å². The highest BCUT2D eigenvalue weighted by Crippen LogP contribution is 2.15. The van der Waals surface area contributed by atoms with Crippen LogP contribution < -0.4 is 10.6 Å². The second-order valence-corrected chi connectivity index (χ2v) is 7.86. The van der Waals surface area contributed by atoms with Gasteiger partial charge in [0, 0.05) is 51.4 Å². The van der Waals surface area contributed by atoms with E-state index in [2.05, 4.69) is 36.3 Å². The van der Waals surface area contributed by atoms with Gasteiger partial charge in [0.1, 0.15) is 0 Å². The third-order valence-electron chi connectivity index (χ3n) is 4.93. The van der Waals surface area contributed by atoms with E-state index in [-0.39, 0.29) is 11.4 Å². The van der Waals surface area contributed by atoms with Gasteiger partial charge >= 0.3 is 0 Å². The van der Waals surface area contributed by atoms with E-state index in [0.717, 1.165) is 50.9 Å². The molecule has 1 aromatic carbocycles. The number of morpholine rings is 1. The van der Waals surface area contributed by atoms with Crippen molar-refractivity contribution in [1.82, 2.24) is 20.4 Å². The first-order chi connectivity index (χ1) is 13.3. The number of aliphatic imine (C=N–C) groups is 1. The van der Waals surface area contributed by atoms with Gasteiger partial charge in [-0.05, 0) is 38.5 Å². The van der Waals surface area contributed by atoms with Crippen molar-refractivity contribution in [2.75, 3.05) is 53.5 Å². The lowest BCUT2D eigenvalue weighted by atomic mass is 10.0. The van der Waals surface area contributed by atoms with Crippen LogP contribution in [-0.4, -0.2) is 80.7 Å². The monoisotopic (exact) mass is 389 g/mol. The van der Waals surface area contributed by atoms with Crippen LogP contribution in [0, 0.1) is 0 Å². The minimum atomic E-state index is 0.00963. The van der Waals surface area contributed by atoms with E-state index in [1.807, 2.05) is 24.3 Å². The number of hydrogen-bond donors (Lipinski definition) is 2. The Hall–Kier alpha value is -2.12. The van der Waals surface area contributed by atoms with Gasteiger partial charge in [0.2, 0.25) is 0 Å². The zero-order chi connectivity index (χ0) is 20.6. The molecule has 1 heterocycles. The van der Waals surface area contributed by atoms with Gasteiger partial charge in [0.15, 0.2) is 5.96 Å². The van der Waals surface area contributed by atoms with Crippen LogP contribution in [0.5, 0.6) is 0 Å². The summed E-state index contributed by atoms with van der Waals surface area (Å²) in [7, 11) is 3.51. The number of nitrogens with zero attached hydrogens (tertiary/aromatic N) is 3. The first kappa shape index (κ1) is 22.2. The molecule has 28 heavy (non-hydrogen) atoms. The molecular formula is C21H35N5O2. The van der Waals surface area contributed by atoms with Crippen LogP contribution in [-0.2, 0) is 11.3 Å². The summed E-state index contributed by atoms with van der Waals surface area (Å²) in [6, 6.07) is 7.63. The van der Waals surface area contributed by atoms with Gasteiger partial charge in [0.25, 0.3) is 5.91 Å². The summed E-state index contributed by atoms with van der Waals surface area (Å²) < 4.78 is 5.46. The molecule has 0 atom stereocenters. The van der Waals surface area contributed by atoms with Crippen LogP contribution >= 0.6 is 0 Å². The Bertz CT molecular complexity index is 649. The number of amides is 1. The molecule has 1 fully saturated rings. The van der Waals surface area contributed by atoms with Crippen molar-refractivity contribution in [2.24, 2.45) is 4.99 Å². The highest BCUT2D eigenvalue weighted by Gasteiger charge is 2.28. The second-order valence-electron chi connectivity index (χ2n) is 7.86. The minimum Gasteiger partial charge on any atom is -0.379 e. The topological polar surface area (TPSA) is 69.2 Å². The Kier molecular flexibility index (Phi) is 8.26. The van der Waals surface area contributed by atoms with Gasteiger partial charge in [-0.2, -0.15) is 0 Å². The molecule has 1 aliphatic rings. The number of ether oxygens (including phenoxy) is 1. The average Bonchev–Trinajstić information content (AvgIpc) is 2.70. The molecule has 0 spiro atoms. The molecule has 0 saturated carbocycles. The summed E-state index contributed by atoms with van der Waals surface area (Å²) in [5, 5.41) is 6.78. The van der Waals surface area contributed by atoms with Gasteiger partial charge in [-0.15, -0.1) is 0 Å². The quantitative estimate of drug-likeness (QED) is 0.547. The first-order valence-electron chi connectivity index (χ1n) is 9.99. The lowest BCUT2D eigenvalue weighted by Gasteiger charge is -2.41. The number of nitrogens with one attached hydrogen (secondary N) is 2. The van der Waals surface area contributed by atoms with Gasteiger partial charge in [-0.1, -0.05) is 12.1 Å². The van der Waals surface area contributed by atoms with Gasteiger partial charge in [0.05, 0.1) is 19.8 Å². The van der Waals surface area contributed by atoms with Crippen molar-refractivity contribution in [3.8, 4) is 0 Å². The van der Waals surface area contributed by atoms with Crippen molar-refractivity contribution < 1.29 is 9.53 Å². The molecule has 7 heteroatoms. The molecule has 2 N–H and O–H groups in total. The number of benzene rings is 1. The van der Waals surface area contributed by atoms with E-state index in [1.54, 1.807) is 19.0 Å². The molecule has 0 bridgehead atoms. The summed E-state index contributed by atoms with van der Waals surface area (Å²) in [6.07, 6.45) is 0. The summed E-state index contributed by atoms with van der Waals surface area (Å²) in [4.78, 5) is 20.7. The fourth-order valence-electron chi connectivity index (χ4n) is 3.10. The molecule has 1 amide bonds. The molecule has 7 nitrogen and oxygen atoms in total. The maximum atomic E-state index is 12.0. The summed E-state index contributed by atoms with van der Waals surface area (Å²) in [6.45, 7) is 12.2. The van der Waals surface area contributed by atoms with Crippen molar-refractivity contribution >= 4 is 11.9 Å². The number of hydrogen-bond acceptors (Lipinski definition) is 4. The van der Waals surface area contributed by atoms with Crippen LogP contribution in [0.2, 0.25) is 0 Å². The molecule has 0 aliphatic carbocycles. The third kappa shape index (κ3) is 6.49. The van der Waals surface area contributed by atoms with Crippen LogP contribution in [0.1, 0.15) is 36.7 Å². The lowest BCUT2D eigenvalue weighted by Crippen LogP contribution is -2.56. The highest BCUT2D eigenvalue weighted by molar-refractivity contribution is 5.93. The summed E-state index contributed by atoms with van der Waals surface area (Å²) in [5.74, 6) is 0.813. The van der Waals surface area contributed by atoms with Crippen molar-refractivity contribution in [3.63, 3.8) is 0 Å². The minimum absolute atomic E-state index is 0.00963. The van der Waals surface area contributed by atoms with E-state index in [1.165, 1.54) is 0 Å². The standard InChI is InChI=1S/C21H35N5O2/c1-6-22-20(24-16-21(2,3)26-11-13-28-14-12-26)23-15-17-7-9-18(10-8-17)19(27)25(4)5/h7-10H,6,11-16H2,1-5H3,(H2,22,23,24). The molecule has 1 saturated heterocycles. The van der Waals surface area contributed by atoms with Crippen LogP contribution in [0.4, 0.5) is 0 Å². The Morgan fingerprint density at radius 3 is 2.39 bits per heavy atom. The normalized spacial score (nSPS) is 16.0. The van der Waals surface area contributed by atoms with E-state index >= 15 is 0 Å². The molecule has 0 aromatic heterocycles. The molecule has 2 rings (SSSR count). The number of carbonyl (C=O) groups is 1. The smallest absolute Gasteiger partial charge is 0.253 e.